The number of pyridine rings is 2. The van der Waals surface area contributed by atoms with Gasteiger partial charge in [-0.1, -0.05) is 72.8 Å². The zero-order valence-electron chi connectivity index (χ0n) is 17.2. The summed E-state index contributed by atoms with van der Waals surface area (Å²) in [5, 5.41) is -0.550. The van der Waals surface area contributed by atoms with Gasteiger partial charge in [0.1, 0.15) is 20.2 Å². The van der Waals surface area contributed by atoms with Crippen LogP contribution in [0.5, 0.6) is 0 Å². The Hall–Kier alpha value is -3.70. The van der Waals surface area contributed by atoms with Gasteiger partial charge in [0.2, 0.25) is 0 Å². The van der Waals surface area contributed by atoms with Crippen LogP contribution in [-0.4, -0.2) is 35.9 Å². The van der Waals surface area contributed by atoms with Crippen molar-refractivity contribution in [1.82, 2.24) is 9.97 Å². The molecule has 170 valence electrons. The maximum absolute atomic E-state index is 12.2. The van der Waals surface area contributed by atoms with E-state index in [1.807, 2.05) is 30.3 Å². The lowest BCUT2D eigenvalue weighted by Gasteiger charge is -2.21. The van der Waals surface area contributed by atoms with Gasteiger partial charge < -0.3 is 9.11 Å². The minimum Gasteiger partial charge on any atom is -0.744 e. The summed E-state index contributed by atoms with van der Waals surface area (Å²) in [5.41, 5.74) is 1.94. The molecule has 0 aliphatic heterocycles. The fraction of sp³-hybridized carbons (Fsp3) is 0. The summed E-state index contributed by atoms with van der Waals surface area (Å²) in [6, 6.07) is 22.3. The molecule has 5 rings (SSSR count). The molecule has 0 saturated carbocycles. The third-order valence-electron chi connectivity index (χ3n) is 5.42. The van der Waals surface area contributed by atoms with Gasteiger partial charge in [0.25, 0.3) is 0 Å². The molecule has 0 aliphatic rings. The Morgan fingerprint density at radius 1 is 0.618 bits per heavy atom. The number of hydrogen-bond acceptors (Lipinski definition) is 8. The van der Waals surface area contributed by atoms with Gasteiger partial charge in [0, 0.05) is 22.5 Å². The van der Waals surface area contributed by atoms with Crippen molar-refractivity contribution >= 4 is 42.0 Å². The smallest absolute Gasteiger partial charge is 0.161 e. The summed E-state index contributed by atoms with van der Waals surface area (Å²) in [6.07, 6.45) is 1.51. The molecule has 5 aromatic rings. The maximum atomic E-state index is 12.2. The number of fused-ring (bicyclic) bond motifs is 3. The van der Waals surface area contributed by atoms with Crippen LogP contribution in [0.3, 0.4) is 0 Å². The lowest BCUT2D eigenvalue weighted by Crippen LogP contribution is -2.13. The third kappa shape index (κ3) is 3.72. The molecular weight excluding hydrogens is 476 g/mol. The molecule has 0 bridgehead atoms. The first-order chi connectivity index (χ1) is 16.2. The van der Waals surface area contributed by atoms with E-state index in [9.17, 15) is 25.9 Å². The van der Waals surface area contributed by atoms with Gasteiger partial charge in [0.15, 0.2) is 5.03 Å². The number of hydrogen-bond donors (Lipinski definition) is 0. The minimum atomic E-state index is -5.44. The van der Waals surface area contributed by atoms with Crippen molar-refractivity contribution in [2.75, 3.05) is 0 Å². The molecule has 2 aromatic heterocycles. The highest BCUT2D eigenvalue weighted by atomic mass is 32.2. The van der Waals surface area contributed by atoms with Crippen molar-refractivity contribution in [2.45, 2.75) is 9.92 Å². The first kappa shape index (κ1) is 22.1. The predicted octanol–water partition coefficient (Wildman–Crippen LogP) is 3.93. The molecule has 3 aromatic carbocycles. The van der Waals surface area contributed by atoms with Crippen molar-refractivity contribution in [3.05, 3.63) is 85.1 Å². The average Bonchev–Trinajstić information content (AvgIpc) is 2.82. The van der Waals surface area contributed by atoms with Gasteiger partial charge in [-0.2, -0.15) is 0 Å². The molecule has 0 unspecified atom stereocenters. The van der Waals surface area contributed by atoms with Crippen LogP contribution in [0, 0.1) is 0 Å². The van der Waals surface area contributed by atoms with E-state index in [1.165, 1.54) is 18.3 Å². The zero-order valence-corrected chi connectivity index (χ0v) is 18.9. The van der Waals surface area contributed by atoms with E-state index in [1.54, 1.807) is 36.4 Å². The molecule has 2 heterocycles. The molecule has 34 heavy (non-hydrogen) atoms. The molecule has 0 radical (unpaired) electrons. The Morgan fingerprint density at radius 2 is 1.21 bits per heavy atom. The lowest BCUT2D eigenvalue weighted by atomic mass is 9.96. The number of aromatic nitrogens is 2. The van der Waals surface area contributed by atoms with Crippen molar-refractivity contribution in [3.8, 4) is 22.3 Å². The van der Waals surface area contributed by atoms with E-state index in [2.05, 4.69) is 9.97 Å². The Morgan fingerprint density at radius 3 is 1.79 bits per heavy atom. The summed E-state index contributed by atoms with van der Waals surface area (Å²) in [5.74, 6) is 0. The van der Waals surface area contributed by atoms with Gasteiger partial charge in [0.05, 0.1) is 15.9 Å². The first-order valence-corrected chi connectivity index (χ1v) is 12.8. The topological polar surface area (TPSA) is 140 Å². The highest BCUT2D eigenvalue weighted by Crippen LogP contribution is 2.40. The number of rotatable bonds is 4. The Bertz CT molecular complexity index is 1790. The fourth-order valence-electron chi connectivity index (χ4n) is 4.06. The third-order valence-corrected chi connectivity index (χ3v) is 7.22. The lowest BCUT2D eigenvalue weighted by molar-refractivity contribution is 0.443. The normalized spacial score (nSPS) is 12.3. The molecular formula is C24H14N2O6S2-2. The monoisotopic (exact) mass is 490 g/mol. The van der Waals surface area contributed by atoms with Crippen LogP contribution >= 0.6 is 0 Å². The molecule has 0 saturated heterocycles. The van der Waals surface area contributed by atoms with Gasteiger partial charge in [-0.15, -0.1) is 0 Å². The van der Waals surface area contributed by atoms with Crippen LogP contribution in [-0.2, 0) is 20.2 Å². The van der Waals surface area contributed by atoms with E-state index in [4.69, 9.17) is 0 Å². The molecule has 0 spiro atoms. The summed E-state index contributed by atoms with van der Waals surface area (Å²) >= 11 is 0. The zero-order chi connectivity index (χ0) is 24.1. The molecule has 0 N–H and O–H groups in total. The summed E-state index contributed by atoms with van der Waals surface area (Å²) in [6.45, 7) is 0. The molecule has 8 nitrogen and oxygen atoms in total. The Labute approximate surface area is 195 Å². The number of nitrogens with zero attached hydrogens (tertiary/aromatic N) is 2. The van der Waals surface area contributed by atoms with E-state index in [0.717, 1.165) is 11.1 Å². The quantitative estimate of drug-likeness (QED) is 0.273. The van der Waals surface area contributed by atoms with Crippen LogP contribution in [0.15, 0.2) is 95.0 Å². The van der Waals surface area contributed by atoms with E-state index in [-0.39, 0.29) is 27.5 Å². The SMILES string of the molecule is O=S(=O)([O-])c1nc2c(ccc3c(-c4ccccc4)ccnc32)c(-c2ccccc2)c1S(=O)(=O)[O-]. The molecule has 0 fully saturated rings. The van der Waals surface area contributed by atoms with Gasteiger partial charge in [-0.25, -0.2) is 21.8 Å². The summed E-state index contributed by atoms with van der Waals surface area (Å²) < 4.78 is 73.0. The van der Waals surface area contributed by atoms with Crippen LogP contribution in [0.1, 0.15) is 0 Å². The van der Waals surface area contributed by atoms with E-state index in [0.29, 0.717) is 5.39 Å². The van der Waals surface area contributed by atoms with Gasteiger partial charge in [-0.05, 0) is 22.8 Å². The van der Waals surface area contributed by atoms with Crippen molar-refractivity contribution in [1.29, 1.82) is 0 Å². The van der Waals surface area contributed by atoms with E-state index < -0.39 is 30.2 Å². The predicted molar refractivity (Wildman–Crippen MR) is 124 cm³/mol. The van der Waals surface area contributed by atoms with E-state index >= 15 is 0 Å². The highest BCUT2D eigenvalue weighted by molar-refractivity contribution is 7.89. The Balaban J connectivity index is 2.03. The maximum Gasteiger partial charge on any atom is 0.161 e. The van der Waals surface area contributed by atoms with Gasteiger partial charge >= 0.3 is 0 Å². The summed E-state index contributed by atoms with van der Waals surface area (Å²) in [4.78, 5) is 7.11. The van der Waals surface area contributed by atoms with Gasteiger partial charge in [-0.3, -0.25) is 4.98 Å². The fourth-order valence-corrected chi connectivity index (χ4v) is 5.94. The van der Waals surface area contributed by atoms with Crippen LogP contribution in [0.25, 0.3) is 44.1 Å². The Kier molecular flexibility index (Phi) is 5.18. The second-order valence-corrected chi connectivity index (χ2v) is 10.1. The van der Waals surface area contributed by atoms with Crippen molar-refractivity contribution < 1.29 is 25.9 Å². The van der Waals surface area contributed by atoms with Crippen LogP contribution in [0.2, 0.25) is 0 Å². The second-order valence-electron chi connectivity index (χ2n) is 7.48. The van der Waals surface area contributed by atoms with Crippen LogP contribution in [0.4, 0.5) is 0 Å². The number of benzene rings is 3. The minimum absolute atomic E-state index is 0.00374. The molecule has 10 heteroatoms. The van der Waals surface area contributed by atoms with Crippen LogP contribution < -0.4 is 0 Å². The summed E-state index contributed by atoms with van der Waals surface area (Å²) in [7, 11) is -10.8. The average molecular weight is 491 g/mol. The molecule has 0 amide bonds. The first-order valence-electron chi connectivity index (χ1n) is 9.94. The molecule has 0 atom stereocenters. The standard InChI is InChI=1S/C24H16N2O6S2/c27-33(28,29)23-20(16-9-5-2-6-10-16)19-12-11-18-17(15-7-3-1-4-8-15)13-14-25-21(18)22(19)26-24(23)34(30,31)32/h1-14H,(H,27,28,29)(H,30,31,32)/p-2. The molecule has 0 aliphatic carbocycles. The largest absolute Gasteiger partial charge is 0.744 e. The van der Waals surface area contributed by atoms with Crippen molar-refractivity contribution in [3.63, 3.8) is 0 Å². The second kappa shape index (κ2) is 7.96. The van der Waals surface area contributed by atoms with Crippen molar-refractivity contribution in [2.24, 2.45) is 0 Å². The highest BCUT2D eigenvalue weighted by Gasteiger charge is 2.26.